The molecule has 0 fully saturated rings. The number of fused-ring (bicyclic) bond motifs is 3. The number of hydrogen-bond acceptors (Lipinski definition) is 9. The van der Waals surface area contributed by atoms with Crippen LogP contribution < -0.4 is 0 Å². The molecule has 31 heavy (non-hydrogen) atoms. The predicted molar refractivity (Wildman–Crippen MR) is 105 cm³/mol. The van der Waals surface area contributed by atoms with Crippen molar-refractivity contribution in [2.24, 2.45) is 0 Å². The Morgan fingerprint density at radius 2 is 1.61 bits per heavy atom. The molecule has 0 heterocycles. The Hall–Kier alpha value is -4.61. The second kappa shape index (κ2) is 8.41. The maximum atomic E-state index is 12.7. The molecule has 2 aromatic carbocycles. The van der Waals surface area contributed by atoms with Gasteiger partial charge < -0.3 is 9.47 Å². The number of esters is 1. The molecule has 11 heteroatoms. The number of methoxy groups -OCH3 is 1. The maximum absolute atomic E-state index is 12.7. The molecule has 0 spiro atoms. The molecule has 0 aromatic heterocycles. The van der Waals surface area contributed by atoms with Gasteiger partial charge in [0.05, 0.1) is 22.0 Å². The van der Waals surface area contributed by atoms with Gasteiger partial charge in [0.1, 0.15) is 24.3 Å². The summed E-state index contributed by atoms with van der Waals surface area (Å²) >= 11 is 0. The summed E-state index contributed by atoms with van der Waals surface area (Å²) in [6.45, 7) is -0.00589. The lowest BCUT2D eigenvalue weighted by Gasteiger charge is -2.10. The number of non-ortho nitro benzene ring substituents is 2. The number of carbonyl (C=O) groups excluding carboxylic acids is 1. The summed E-state index contributed by atoms with van der Waals surface area (Å²) in [7, 11) is 1.41. The van der Waals surface area contributed by atoms with Crippen LogP contribution in [-0.2, 0) is 9.47 Å². The molecule has 1 aliphatic rings. The van der Waals surface area contributed by atoms with Crippen LogP contribution in [-0.4, -0.2) is 36.1 Å². The van der Waals surface area contributed by atoms with Crippen LogP contribution in [0.25, 0.3) is 16.7 Å². The van der Waals surface area contributed by atoms with Crippen LogP contribution in [0.2, 0.25) is 0 Å². The fourth-order valence-corrected chi connectivity index (χ4v) is 3.30. The zero-order valence-electron chi connectivity index (χ0n) is 15.9. The molecule has 0 aliphatic heterocycles. The highest BCUT2D eigenvalue weighted by molar-refractivity contribution is 6.11. The van der Waals surface area contributed by atoms with Crippen LogP contribution >= 0.6 is 0 Å². The van der Waals surface area contributed by atoms with Crippen LogP contribution in [0.15, 0.2) is 35.9 Å². The summed E-state index contributed by atoms with van der Waals surface area (Å²) in [6.07, 6.45) is 0. The van der Waals surface area contributed by atoms with E-state index in [2.05, 4.69) is 0 Å². The first-order chi connectivity index (χ1) is 14.8. The van der Waals surface area contributed by atoms with Crippen LogP contribution in [0.3, 0.4) is 0 Å². The minimum absolute atomic E-state index is 0.0201. The molecule has 0 saturated carbocycles. The van der Waals surface area contributed by atoms with E-state index in [0.717, 1.165) is 18.2 Å². The molecule has 0 amide bonds. The third-order valence-corrected chi connectivity index (χ3v) is 4.57. The van der Waals surface area contributed by atoms with Crippen molar-refractivity contribution in [2.45, 2.75) is 0 Å². The Kier molecular flexibility index (Phi) is 5.72. The van der Waals surface area contributed by atoms with E-state index in [0.29, 0.717) is 5.56 Å². The zero-order chi connectivity index (χ0) is 22.7. The first-order valence-corrected chi connectivity index (χ1v) is 8.66. The van der Waals surface area contributed by atoms with E-state index >= 15 is 0 Å². The molecule has 0 radical (unpaired) electrons. The van der Waals surface area contributed by atoms with Gasteiger partial charge in [-0.15, -0.1) is 0 Å². The van der Waals surface area contributed by atoms with Crippen molar-refractivity contribution in [1.82, 2.24) is 0 Å². The van der Waals surface area contributed by atoms with Crippen molar-refractivity contribution in [3.05, 3.63) is 72.8 Å². The third-order valence-electron chi connectivity index (χ3n) is 4.57. The van der Waals surface area contributed by atoms with Gasteiger partial charge in [0.15, 0.2) is 0 Å². The van der Waals surface area contributed by atoms with Crippen molar-refractivity contribution in [3.8, 4) is 23.3 Å². The standard InChI is InChI=1S/C20H12N4O7/c1-30-4-5-31-20(25)17-8-13(24(28)29)7-16-18(11(9-21)10-22)15-6-12(23(26)27)2-3-14(15)19(16)17/h2-3,6-8H,4-5H2,1H3. The summed E-state index contributed by atoms with van der Waals surface area (Å²) in [6, 6.07) is 9.29. The summed E-state index contributed by atoms with van der Waals surface area (Å²) in [4.78, 5) is 34.0. The Balaban J connectivity index is 2.38. The highest BCUT2D eigenvalue weighted by Gasteiger charge is 2.34. The molecule has 0 N–H and O–H groups in total. The molecule has 2 aromatic rings. The van der Waals surface area contributed by atoms with Gasteiger partial charge in [0.25, 0.3) is 11.4 Å². The van der Waals surface area contributed by atoms with Crippen LogP contribution in [0.4, 0.5) is 11.4 Å². The quantitative estimate of drug-likeness (QED) is 0.191. The molecule has 0 unspecified atom stereocenters. The summed E-state index contributed by atoms with van der Waals surface area (Å²) in [5, 5.41) is 41.5. The molecule has 11 nitrogen and oxygen atoms in total. The maximum Gasteiger partial charge on any atom is 0.339 e. The van der Waals surface area contributed by atoms with Gasteiger partial charge in [0, 0.05) is 42.5 Å². The lowest BCUT2D eigenvalue weighted by molar-refractivity contribution is -0.385. The van der Waals surface area contributed by atoms with Gasteiger partial charge in [-0.25, -0.2) is 4.79 Å². The first kappa shape index (κ1) is 21.1. The number of nitro groups is 2. The van der Waals surface area contributed by atoms with Gasteiger partial charge in [-0.1, -0.05) is 0 Å². The number of nitriles is 2. The number of carbonyl (C=O) groups is 1. The van der Waals surface area contributed by atoms with Crippen LogP contribution in [0.1, 0.15) is 21.5 Å². The van der Waals surface area contributed by atoms with Crippen molar-refractivity contribution in [1.29, 1.82) is 10.5 Å². The van der Waals surface area contributed by atoms with E-state index in [9.17, 15) is 35.5 Å². The largest absolute Gasteiger partial charge is 0.460 e. The molecule has 3 rings (SSSR count). The second-order valence-corrected chi connectivity index (χ2v) is 6.26. The minimum atomic E-state index is -0.877. The molecule has 0 atom stereocenters. The highest BCUT2D eigenvalue weighted by Crippen LogP contribution is 2.49. The zero-order valence-corrected chi connectivity index (χ0v) is 15.9. The van der Waals surface area contributed by atoms with E-state index in [1.165, 1.54) is 19.2 Å². The van der Waals surface area contributed by atoms with Crippen LogP contribution in [0.5, 0.6) is 0 Å². The number of allylic oxidation sites excluding steroid dienone is 1. The molecule has 0 saturated heterocycles. The second-order valence-electron chi connectivity index (χ2n) is 6.26. The Bertz CT molecular complexity index is 1240. The molecule has 1 aliphatic carbocycles. The summed E-state index contributed by atoms with van der Waals surface area (Å²) < 4.78 is 9.94. The predicted octanol–water partition coefficient (Wildman–Crippen LogP) is 3.14. The van der Waals surface area contributed by atoms with Gasteiger partial charge >= 0.3 is 5.97 Å². The first-order valence-electron chi connectivity index (χ1n) is 8.66. The fraction of sp³-hybridized carbons (Fsp3) is 0.150. The number of hydrogen-bond donors (Lipinski definition) is 0. The monoisotopic (exact) mass is 420 g/mol. The topological polar surface area (TPSA) is 169 Å². The van der Waals surface area contributed by atoms with Gasteiger partial charge in [-0.2, -0.15) is 10.5 Å². The van der Waals surface area contributed by atoms with E-state index in [4.69, 9.17) is 9.47 Å². The normalized spacial score (nSPS) is 11.0. The van der Waals surface area contributed by atoms with Crippen molar-refractivity contribution in [3.63, 3.8) is 0 Å². The number of nitro benzene ring substituents is 2. The average molecular weight is 420 g/mol. The number of rotatable bonds is 6. The lowest BCUT2D eigenvalue weighted by atomic mass is 9.96. The Labute approximate surface area is 174 Å². The van der Waals surface area contributed by atoms with E-state index < -0.39 is 27.1 Å². The lowest BCUT2D eigenvalue weighted by Crippen LogP contribution is -2.11. The molecule has 154 valence electrons. The average Bonchev–Trinajstić information content (AvgIpc) is 3.07. The van der Waals surface area contributed by atoms with E-state index in [1.54, 1.807) is 12.1 Å². The smallest absolute Gasteiger partial charge is 0.339 e. The van der Waals surface area contributed by atoms with Crippen LogP contribution in [0, 0.1) is 42.9 Å². The van der Waals surface area contributed by atoms with Gasteiger partial charge in [-0.05, 0) is 22.8 Å². The molecular formula is C20H12N4O7. The highest BCUT2D eigenvalue weighted by atomic mass is 16.6. The summed E-state index contributed by atoms with van der Waals surface area (Å²) in [5.41, 5.74) is -0.641. The minimum Gasteiger partial charge on any atom is -0.460 e. The SMILES string of the molecule is COCCOC(=O)c1cc([N+](=O)[O-])cc2c1-c1ccc([N+](=O)[O-])cc1C2=C(C#N)C#N. The number of ether oxygens (including phenoxy) is 2. The number of benzene rings is 2. The fourth-order valence-electron chi connectivity index (χ4n) is 3.30. The Morgan fingerprint density at radius 3 is 2.19 bits per heavy atom. The summed E-state index contributed by atoms with van der Waals surface area (Å²) in [5.74, 6) is -0.877. The van der Waals surface area contributed by atoms with Crippen molar-refractivity contribution >= 4 is 22.9 Å². The van der Waals surface area contributed by atoms with Crippen molar-refractivity contribution in [2.75, 3.05) is 20.3 Å². The Morgan fingerprint density at radius 1 is 0.968 bits per heavy atom. The molecular weight excluding hydrogens is 408 g/mol. The van der Waals surface area contributed by atoms with Crippen molar-refractivity contribution < 1.29 is 24.1 Å². The number of nitrogens with zero attached hydrogens (tertiary/aromatic N) is 4. The molecule has 0 bridgehead atoms. The van der Waals surface area contributed by atoms with Gasteiger partial charge in [-0.3, -0.25) is 20.2 Å². The van der Waals surface area contributed by atoms with E-state index in [1.807, 2.05) is 0 Å². The third kappa shape index (κ3) is 3.69. The van der Waals surface area contributed by atoms with E-state index in [-0.39, 0.29) is 46.7 Å². The van der Waals surface area contributed by atoms with Gasteiger partial charge in [0.2, 0.25) is 0 Å².